The number of amides is 1. The summed E-state index contributed by atoms with van der Waals surface area (Å²) in [5.41, 5.74) is 0. The molecule has 2 fully saturated rings. The Labute approximate surface area is 153 Å². The summed E-state index contributed by atoms with van der Waals surface area (Å²) in [5, 5.41) is 0.476. The van der Waals surface area contributed by atoms with E-state index in [9.17, 15) is 13.2 Å². The van der Waals surface area contributed by atoms with Crippen molar-refractivity contribution in [2.45, 2.75) is 49.8 Å². The van der Waals surface area contributed by atoms with E-state index in [-0.39, 0.29) is 23.0 Å². The molecule has 1 aromatic carbocycles. The van der Waals surface area contributed by atoms with Gasteiger partial charge in [0.25, 0.3) is 0 Å². The summed E-state index contributed by atoms with van der Waals surface area (Å²) in [6, 6.07) is 5.42. The Morgan fingerprint density at radius 2 is 1.76 bits per heavy atom. The van der Waals surface area contributed by atoms with Gasteiger partial charge in [-0.15, -0.1) is 0 Å². The summed E-state index contributed by atoms with van der Waals surface area (Å²) in [7, 11) is -3.72. The van der Waals surface area contributed by atoms with Gasteiger partial charge in [-0.2, -0.15) is 4.31 Å². The molecule has 2 aliphatic rings. The third kappa shape index (κ3) is 3.84. The molecule has 0 aliphatic carbocycles. The summed E-state index contributed by atoms with van der Waals surface area (Å²) in [6.45, 7) is 5.19. The van der Waals surface area contributed by atoms with E-state index in [0.717, 1.165) is 0 Å². The second-order valence-corrected chi connectivity index (χ2v) is 9.06. The summed E-state index contributed by atoms with van der Waals surface area (Å²) in [6.07, 6.45) is 1.13. The molecule has 0 saturated carbocycles. The van der Waals surface area contributed by atoms with E-state index in [1.54, 1.807) is 17.0 Å². The van der Waals surface area contributed by atoms with E-state index in [1.807, 2.05) is 13.8 Å². The van der Waals surface area contributed by atoms with Crippen LogP contribution in [-0.2, 0) is 19.6 Å². The van der Waals surface area contributed by atoms with Gasteiger partial charge in [-0.05, 0) is 51.0 Å². The molecule has 0 spiro atoms. The minimum atomic E-state index is -3.72. The zero-order valence-electron chi connectivity index (χ0n) is 14.4. The predicted molar refractivity (Wildman–Crippen MR) is 95.0 cm³/mol. The molecule has 138 valence electrons. The third-order valence-corrected chi connectivity index (χ3v) is 6.81. The van der Waals surface area contributed by atoms with Crippen molar-refractivity contribution in [2.75, 3.05) is 19.6 Å². The smallest absolute Gasteiger partial charge is 0.243 e. The van der Waals surface area contributed by atoms with Crippen LogP contribution in [0.3, 0.4) is 0 Å². The number of halogens is 1. The van der Waals surface area contributed by atoms with Crippen molar-refractivity contribution in [3.8, 4) is 0 Å². The molecule has 25 heavy (non-hydrogen) atoms. The largest absolute Gasteiger partial charge is 0.372 e. The first kappa shape index (κ1) is 18.6. The first-order valence-corrected chi connectivity index (χ1v) is 10.3. The Morgan fingerprint density at radius 3 is 2.36 bits per heavy atom. The van der Waals surface area contributed by atoms with E-state index in [4.69, 9.17) is 16.3 Å². The summed E-state index contributed by atoms with van der Waals surface area (Å²) in [4.78, 5) is 14.9. The molecular formula is C17H23ClN2O4S. The van der Waals surface area contributed by atoms with Crippen molar-refractivity contribution in [2.24, 2.45) is 0 Å². The van der Waals surface area contributed by atoms with Crippen LogP contribution in [0.4, 0.5) is 0 Å². The molecular weight excluding hydrogens is 364 g/mol. The number of nitrogens with zero attached hydrogens (tertiary/aromatic N) is 2. The molecule has 2 unspecified atom stereocenters. The number of morpholine rings is 1. The lowest BCUT2D eigenvalue weighted by atomic mass is 10.1. The van der Waals surface area contributed by atoms with Crippen molar-refractivity contribution in [3.63, 3.8) is 0 Å². The Morgan fingerprint density at radius 1 is 1.16 bits per heavy atom. The molecule has 2 saturated heterocycles. The van der Waals surface area contributed by atoms with Crippen molar-refractivity contribution in [1.29, 1.82) is 0 Å². The van der Waals surface area contributed by atoms with Gasteiger partial charge < -0.3 is 9.64 Å². The van der Waals surface area contributed by atoms with Crippen LogP contribution in [0.2, 0.25) is 5.02 Å². The molecule has 8 heteroatoms. The van der Waals surface area contributed by atoms with Gasteiger partial charge in [0.2, 0.25) is 15.9 Å². The Bertz CT molecular complexity index is 728. The molecule has 0 aromatic heterocycles. The lowest BCUT2D eigenvalue weighted by Gasteiger charge is -2.37. The monoisotopic (exact) mass is 386 g/mol. The molecule has 0 bridgehead atoms. The molecule has 3 atom stereocenters. The first-order chi connectivity index (χ1) is 11.8. The number of carbonyl (C=O) groups excluding carboxylic acids is 1. The van der Waals surface area contributed by atoms with E-state index < -0.39 is 16.1 Å². The Balaban J connectivity index is 1.82. The van der Waals surface area contributed by atoms with E-state index >= 15 is 0 Å². The van der Waals surface area contributed by atoms with Gasteiger partial charge in [-0.1, -0.05) is 11.6 Å². The summed E-state index contributed by atoms with van der Waals surface area (Å²) >= 11 is 5.85. The molecule has 2 heterocycles. The van der Waals surface area contributed by atoms with Gasteiger partial charge >= 0.3 is 0 Å². The van der Waals surface area contributed by atoms with Gasteiger partial charge in [-0.25, -0.2) is 8.42 Å². The number of rotatable bonds is 3. The van der Waals surface area contributed by atoms with Crippen LogP contribution in [0.15, 0.2) is 29.2 Å². The highest BCUT2D eigenvalue weighted by Gasteiger charge is 2.42. The van der Waals surface area contributed by atoms with Crippen molar-refractivity contribution < 1.29 is 17.9 Å². The average Bonchev–Trinajstić information content (AvgIpc) is 3.04. The lowest BCUT2D eigenvalue weighted by molar-refractivity contribution is -0.146. The molecule has 0 radical (unpaired) electrons. The van der Waals surface area contributed by atoms with Gasteiger partial charge in [0, 0.05) is 24.7 Å². The molecule has 3 rings (SSSR count). The van der Waals surface area contributed by atoms with Gasteiger partial charge in [0.1, 0.15) is 6.04 Å². The average molecular weight is 387 g/mol. The number of carbonyl (C=O) groups is 1. The van der Waals surface area contributed by atoms with E-state index in [0.29, 0.717) is 37.5 Å². The van der Waals surface area contributed by atoms with Crippen LogP contribution in [0, 0.1) is 0 Å². The normalized spacial score (nSPS) is 28.3. The van der Waals surface area contributed by atoms with Crippen LogP contribution < -0.4 is 0 Å². The van der Waals surface area contributed by atoms with Gasteiger partial charge in [0.05, 0.1) is 17.1 Å². The summed E-state index contributed by atoms with van der Waals surface area (Å²) in [5.74, 6) is -0.128. The zero-order chi connectivity index (χ0) is 18.2. The maximum Gasteiger partial charge on any atom is 0.243 e. The molecule has 2 aliphatic heterocycles. The second kappa shape index (κ2) is 7.23. The fourth-order valence-electron chi connectivity index (χ4n) is 3.59. The quantitative estimate of drug-likeness (QED) is 0.798. The van der Waals surface area contributed by atoms with Crippen molar-refractivity contribution >= 4 is 27.5 Å². The van der Waals surface area contributed by atoms with E-state index in [1.165, 1.54) is 16.4 Å². The zero-order valence-corrected chi connectivity index (χ0v) is 16.0. The molecule has 6 nitrogen and oxygen atoms in total. The fraction of sp³-hybridized carbons (Fsp3) is 0.588. The molecule has 0 N–H and O–H groups in total. The maximum absolute atomic E-state index is 13.0. The van der Waals surface area contributed by atoms with E-state index in [2.05, 4.69) is 0 Å². The fourth-order valence-corrected chi connectivity index (χ4v) is 5.36. The minimum absolute atomic E-state index is 0.0459. The highest BCUT2D eigenvalue weighted by molar-refractivity contribution is 7.89. The van der Waals surface area contributed by atoms with Gasteiger partial charge in [-0.3, -0.25) is 4.79 Å². The highest BCUT2D eigenvalue weighted by Crippen LogP contribution is 2.28. The Kier molecular flexibility index (Phi) is 5.39. The van der Waals surface area contributed by atoms with Crippen molar-refractivity contribution in [3.05, 3.63) is 29.3 Å². The topological polar surface area (TPSA) is 66.9 Å². The van der Waals surface area contributed by atoms with Gasteiger partial charge in [0.15, 0.2) is 0 Å². The van der Waals surface area contributed by atoms with Crippen LogP contribution in [0.5, 0.6) is 0 Å². The van der Waals surface area contributed by atoms with Crippen LogP contribution in [-0.4, -0.2) is 61.4 Å². The number of ether oxygens (including phenoxy) is 1. The number of sulfonamides is 1. The highest BCUT2D eigenvalue weighted by atomic mass is 35.5. The van der Waals surface area contributed by atoms with Crippen LogP contribution in [0.25, 0.3) is 0 Å². The van der Waals surface area contributed by atoms with Crippen LogP contribution in [0.1, 0.15) is 26.7 Å². The number of hydrogen-bond donors (Lipinski definition) is 0. The summed E-state index contributed by atoms with van der Waals surface area (Å²) < 4.78 is 32.9. The van der Waals surface area contributed by atoms with Crippen LogP contribution >= 0.6 is 11.6 Å². The SMILES string of the molecule is CC1CN(C(=O)[C@@H]2CCCN2S(=O)(=O)c2ccc(Cl)cc2)CC(C)O1. The molecule has 1 aromatic rings. The predicted octanol–water partition coefficient (Wildman–Crippen LogP) is 2.13. The Hall–Kier alpha value is -1.15. The number of benzene rings is 1. The standard InChI is InChI=1S/C17H23ClN2O4S/c1-12-10-19(11-13(2)24-12)17(21)16-4-3-9-20(16)25(22,23)15-7-5-14(18)6-8-15/h5-8,12-13,16H,3-4,9-11H2,1-2H3/t12?,13?,16-/m0/s1. The second-order valence-electron chi connectivity index (χ2n) is 6.73. The third-order valence-electron chi connectivity index (χ3n) is 4.64. The lowest BCUT2D eigenvalue weighted by Crippen LogP contribution is -2.54. The number of hydrogen-bond acceptors (Lipinski definition) is 4. The minimum Gasteiger partial charge on any atom is -0.372 e. The molecule has 1 amide bonds. The maximum atomic E-state index is 13.0. The van der Waals surface area contributed by atoms with Crippen molar-refractivity contribution in [1.82, 2.24) is 9.21 Å². The first-order valence-electron chi connectivity index (χ1n) is 8.50.